The third kappa shape index (κ3) is 6.05. The Labute approximate surface area is 96.8 Å². The summed E-state index contributed by atoms with van der Waals surface area (Å²) in [5, 5.41) is 3.00. The van der Waals surface area contributed by atoms with E-state index in [2.05, 4.69) is 10.8 Å². The summed E-state index contributed by atoms with van der Waals surface area (Å²) >= 11 is 0. The van der Waals surface area contributed by atoms with Crippen molar-refractivity contribution in [2.24, 2.45) is 0 Å². The van der Waals surface area contributed by atoms with Gasteiger partial charge in [0.2, 0.25) is 5.91 Å². The third-order valence-corrected chi connectivity index (χ3v) is 2.69. The van der Waals surface area contributed by atoms with Crippen LogP contribution in [0.3, 0.4) is 0 Å². The van der Waals surface area contributed by atoms with Gasteiger partial charge in [0.05, 0.1) is 19.8 Å². The highest BCUT2D eigenvalue weighted by Crippen LogP contribution is 2.16. The van der Waals surface area contributed by atoms with Crippen molar-refractivity contribution >= 4 is 5.91 Å². The van der Waals surface area contributed by atoms with Gasteiger partial charge in [-0.05, 0) is 12.8 Å². The Kier molecular flexibility index (Phi) is 7.12. The molecule has 5 heteroatoms. The molecule has 1 aliphatic carbocycles. The Hall–Kier alpha value is -0.650. The number of carbonyl (C=O) groups excluding carboxylic acids is 1. The topological polar surface area (TPSA) is 59.6 Å². The molecule has 1 saturated carbocycles. The number of methoxy groups -OCH3 is 1. The standard InChI is InChI=1S/C11H22N2O3/c1-15-7-8-16-12-9-11(14)13-10-5-3-2-4-6-10/h10,12H,2-9H2,1H3,(H,13,14). The van der Waals surface area contributed by atoms with E-state index in [4.69, 9.17) is 9.57 Å². The average Bonchev–Trinajstić information content (AvgIpc) is 2.30. The van der Waals surface area contributed by atoms with Gasteiger partial charge in [0, 0.05) is 13.2 Å². The molecule has 0 radical (unpaired) electrons. The lowest BCUT2D eigenvalue weighted by atomic mass is 9.95. The van der Waals surface area contributed by atoms with Crippen molar-refractivity contribution in [2.75, 3.05) is 26.9 Å². The van der Waals surface area contributed by atoms with Gasteiger partial charge < -0.3 is 10.1 Å². The molecule has 0 aromatic rings. The maximum absolute atomic E-state index is 11.5. The number of hydroxylamine groups is 1. The van der Waals surface area contributed by atoms with Gasteiger partial charge in [0.1, 0.15) is 0 Å². The predicted molar refractivity (Wildman–Crippen MR) is 60.8 cm³/mol. The number of hydrogen-bond donors (Lipinski definition) is 2. The molecule has 0 aromatic heterocycles. The fraction of sp³-hybridized carbons (Fsp3) is 0.909. The van der Waals surface area contributed by atoms with Gasteiger partial charge in [-0.15, -0.1) is 0 Å². The van der Waals surface area contributed by atoms with Crippen LogP contribution < -0.4 is 10.8 Å². The van der Waals surface area contributed by atoms with E-state index in [1.807, 2.05) is 0 Å². The maximum Gasteiger partial charge on any atom is 0.236 e. The summed E-state index contributed by atoms with van der Waals surface area (Å²) in [6.45, 7) is 1.19. The first kappa shape index (κ1) is 13.4. The summed E-state index contributed by atoms with van der Waals surface area (Å²) in [6.07, 6.45) is 5.96. The number of ether oxygens (including phenoxy) is 1. The minimum Gasteiger partial charge on any atom is -0.382 e. The van der Waals surface area contributed by atoms with Crippen molar-refractivity contribution in [1.29, 1.82) is 0 Å². The van der Waals surface area contributed by atoms with Gasteiger partial charge in [-0.25, -0.2) is 0 Å². The number of nitrogens with one attached hydrogen (secondary N) is 2. The Morgan fingerprint density at radius 2 is 2.00 bits per heavy atom. The molecular formula is C11H22N2O3. The molecule has 0 aromatic carbocycles. The SMILES string of the molecule is COCCONCC(=O)NC1CCCCC1. The molecule has 1 fully saturated rings. The highest BCUT2D eigenvalue weighted by Gasteiger charge is 2.15. The lowest BCUT2D eigenvalue weighted by Crippen LogP contribution is -2.41. The molecule has 1 amide bonds. The van der Waals surface area contributed by atoms with Crippen LogP contribution in [-0.4, -0.2) is 38.8 Å². The largest absolute Gasteiger partial charge is 0.382 e. The number of hydrogen-bond acceptors (Lipinski definition) is 4. The van der Waals surface area contributed by atoms with E-state index in [1.54, 1.807) is 7.11 Å². The van der Waals surface area contributed by atoms with Crippen LogP contribution in [0.25, 0.3) is 0 Å². The fourth-order valence-electron chi connectivity index (χ4n) is 1.84. The highest BCUT2D eigenvalue weighted by molar-refractivity contribution is 5.78. The van der Waals surface area contributed by atoms with Gasteiger partial charge >= 0.3 is 0 Å². The molecule has 0 spiro atoms. The van der Waals surface area contributed by atoms with Crippen LogP contribution in [0.1, 0.15) is 32.1 Å². The summed E-state index contributed by atoms with van der Waals surface area (Å²) in [5.41, 5.74) is 2.62. The van der Waals surface area contributed by atoms with Gasteiger partial charge in [-0.1, -0.05) is 19.3 Å². The van der Waals surface area contributed by atoms with Gasteiger partial charge in [-0.3, -0.25) is 9.63 Å². The van der Waals surface area contributed by atoms with Crippen LogP contribution in [0.2, 0.25) is 0 Å². The van der Waals surface area contributed by atoms with Crippen molar-refractivity contribution in [2.45, 2.75) is 38.1 Å². The second-order valence-electron chi connectivity index (χ2n) is 4.06. The Bertz CT molecular complexity index is 194. The Morgan fingerprint density at radius 3 is 2.69 bits per heavy atom. The van der Waals surface area contributed by atoms with Crippen molar-refractivity contribution in [3.05, 3.63) is 0 Å². The van der Waals surface area contributed by atoms with Crippen molar-refractivity contribution in [3.63, 3.8) is 0 Å². The minimum absolute atomic E-state index is 0.00400. The van der Waals surface area contributed by atoms with Crippen LogP contribution in [0.4, 0.5) is 0 Å². The predicted octanol–water partition coefficient (Wildman–Crippen LogP) is 0.603. The van der Waals surface area contributed by atoms with Crippen LogP contribution in [0.15, 0.2) is 0 Å². The summed E-state index contributed by atoms with van der Waals surface area (Å²) < 4.78 is 4.80. The monoisotopic (exact) mass is 230 g/mol. The smallest absolute Gasteiger partial charge is 0.236 e. The zero-order valence-electron chi connectivity index (χ0n) is 9.96. The van der Waals surface area contributed by atoms with Gasteiger partial charge in [0.15, 0.2) is 0 Å². The highest BCUT2D eigenvalue weighted by atomic mass is 16.7. The number of amides is 1. The summed E-state index contributed by atoms with van der Waals surface area (Å²) in [4.78, 5) is 16.5. The molecule has 0 saturated heterocycles. The van der Waals surface area contributed by atoms with Crippen LogP contribution in [0, 0.1) is 0 Å². The Balaban J connectivity index is 1.97. The molecule has 0 unspecified atom stereocenters. The second kappa shape index (κ2) is 8.50. The number of carbonyl (C=O) groups is 1. The molecular weight excluding hydrogens is 208 g/mol. The second-order valence-corrected chi connectivity index (χ2v) is 4.06. The minimum atomic E-state index is 0.00400. The molecule has 5 nitrogen and oxygen atoms in total. The normalized spacial score (nSPS) is 17.3. The third-order valence-electron chi connectivity index (χ3n) is 2.69. The van der Waals surface area contributed by atoms with E-state index in [0.717, 1.165) is 12.8 Å². The first-order valence-corrected chi connectivity index (χ1v) is 5.96. The molecule has 0 heterocycles. The maximum atomic E-state index is 11.5. The first-order chi connectivity index (χ1) is 7.83. The molecule has 1 aliphatic rings. The van der Waals surface area contributed by atoms with Gasteiger partial charge in [-0.2, -0.15) is 5.48 Å². The lowest BCUT2D eigenvalue weighted by Gasteiger charge is -2.22. The van der Waals surface area contributed by atoms with Gasteiger partial charge in [0.25, 0.3) is 0 Å². The van der Waals surface area contributed by atoms with Crippen molar-refractivity contribution < 1.29 is 14.4 Å². The van der Waals surface area contributed by atoms with E-state index in [9.17, 15) is 4.79 Å². The zero-order chi connectivity index (χ0) is 11.6. The van der Waals surface area contributed by atoms with E-state index >= 15 is 0 Å². The summed E-state index contributed by atoms with van der Waals surface area (Å²) in [6, 6.07) is 0.363. The van der Waals surface area contributed by atoms with E-state index in [-0.39, 0.29) is 12.5 Å². The van der Waals surface area contributed by atoms with E-state index in [0.29, 0.717) is 19.3 Å². The van der Waals surface area contributed by atoms with Crippen molar-refractivity contribution in [3.8, 4) is 0 Å². The molecule has 1 rings (SSSR count). The molecule has 2 N–H and O–H groups in total. The van der Waals surface area contributed by atoms with Crippen LogP contribution in [-0.2, 0) is 14.4 Å². The van der Waals surface area contributed by atoms with E-state index < -0.39 is 0 Å². The quantitative estimate of drug-likeness (QED) is 0.497. The Morgan fingerprint density at radius 1 is 1.25 bits per heavy atom. The van der Waals surface area contributed by atoms with Crippen molar-refractivity contribution in [1.82, 2.24) is 10.8 Å². The van der Waals surface area contributed by atoms with Crippen LogP contribution >= 0.6 is 0 Å². The molecule has 0 atom stereocenters. The lowest BCUT2D eigenvalue weighted by molar-refractivity contribution is -0.124. The molecule has 16 heavy (non-hydrogen) atoms. The molecule has 0 bridgehead atoms. The van der Waals surface area contributed by atoms with Crippen LogP contribution in [0.5, 0.6) is 0 Å². The summed E-state index contributed by atoms with van der Waals surface area (Å²) in [7, 11) is 1.61. The number of rotatable bonds is 7. The molecule has 94 valence electrons. The molecule has 0 aliphatic heterocycles. The summed E-state index contributed by atoms with van der Waals surface area (Å²) in [5.74, 6) is 0.00400. The fourth-order valence-corrected chi connectivity index (χ4v) is 1.84. The zero-order valence-corrected chi connectivity index (χ0v) is 9.96. The first-order valence-electron chi connectivity index (χ1n) is 5.96. The average molecular weight is 230 g/mol. The van der Waals surface area contributed by atoms with E-state index in [1.165, 1.54) is 19.3 Å².